The van der Waals surface area contributed by atoms with Gasteiger partial charge >= 0.3 is 0 Å². The lowest BCUT2D eigenvalue weighted by Gasteiger charge is -2.29. The molecule has 0 radical (unpaired) electrons. The van der Waals surface area contributed by atoms with Crippen LogP contribution in [0.3, 0.4) is 0 Å². The van der Waals surface area contributed by atoms with Crippen molar-refractivity contribution in [1.29, 1.82) is 0 Å². The van der Waals surface area contributed by atoms with Crippen LogP contribution in [0.1, 0.15) is 47.0 Å². The van der Waals surface area contributed by atoms with Gasteiger partial charge < -0.3 is 10.1 Å². The lowest BCUT2D eigenvalue weighted by Crippen LogP contribution is -2.36. The zero-order valence-corrected chi connectivity index (χ0v) is 16.8. The Hall–Kier alpha value is -1.59. The van der Waals surface area contributed by atoms with E-state index in [1.165, 1.54) is 0 Å². The summed E-state index contributed by atoms with van der Waals surface area (Å²) in [5.41, 5.74) is 2.17. The second-order valence-electron chi connectivity index (χ2n) is 7.41. The van der Waals surface area contributed by atoms with Gasteiger partial charge in [0.2, 0.25) is 0 Å². The van der Waals surface area contributed by atoms with Crippen molar-refractivity contribution in [2.45, 2.75) is 47.0 Å². The molecule has 0 aliphatic carbocycles. The van der Waals surface area contributed by atoms with Crippen LogP contribution in [0.25, 0.3) is 0 Å². The Balaban J connectivity index is 2.91. The predicted octanol–water partition coefficient (Wildman–Crippen LogP) is 4.26. The highest BCUT2D eigenvalue weighted by atomic mass is 16.7. The van der Waals surface area contributed by atoms with E-state index in [1.54, 1.807) is 12.2 Å². The summed E-state index contributed by atoms with van der Waals surface area (Å²) in [6, 6.07) is 0. The molecule has 5 nitrogen and oxygen atoms in total. The molecule has 1 saturated heterocycles. The third kappa shape index (κ3) is 7.04. The van der Waals surface area contributed by atoms with Crippen LogP contribution in [0.4, 0.5) is 0 Å². The van der Waals surface area contributed by atoms with Crippen LogP contribution in [0.15, 0.2) is 41.3 Å². The first kappa shape index (κ1) is 21.5. The molecule has 0 bridgehead atoms. The van der Waals surface area contributed by atoms with Crippen molar-refractivity contribution in [3.63, 3.8) is 0 Å². The molecule has 1 aliphatic rings. The number of hydroxylamine groups is 2. The molecule has 25 heavy (non-hydrogen) atoms. The fourth-order valence-corrected chi connectivity index (χ4v) is 2.47. The van der Waals surface area contributed by atoms with Gasteiger partial charge in [0.05, 0.1) is 7.11 Å². The van der Waals surface area contributed by atoms with Gasteiger partial charge in [0, 0.05) is 31.9 Å². The fraction of sp³-hybridized carbons (Fsp3) is 0.650. The van der Waals surface area contributed by atoms with E-state index in [9.17, 15) is 0 Å². The minimum absolute atomic E-state index is 0.0379. The third-order valence-electron chi connectivity index (χ3n) is 4.43. The van der Waals surface area contributed by atoms with Crippen LogP contribution in [-0.4, -0.2) is 38.3 Å². The van der Waals surface area contributed by atoms with Gasteiger partial charge in [-0.05, 0) is 36.3 Å². The molecule has 1 rings (SSSR count). The highest BCUT2D eigenvalue weighted by molar-refractivity contribution is 5.84. The molecule has 0 saturated carbocycles. The summed E-state index contributed by atoms with van der Waals surface area (Å²) in [6.07, 6.45) is 4.83. The fourth-order valence-electron chi connectivity index (χ4n) is 2.47. The van der Waals surface area contributed by atoms with Crippen molar-refractivity contribution in [3.8, 4) is 0 Å². The maximum Gasteiger partial charge on any atom is 0.134 e. The molecule has 5 heteroatoms. The predicted molar refractivity (Wildman–Crippen MR) is 105 cm³/mol. The maximum absolute atomic E-state index is 5.45. The first-order valence-corrected chi connectivity index (χ1v) is 8.99. The SMILES string of the molecule is C=C(N=C(C1CCOCC1)N(C)OC)N/C(=C/C(=C)C(C)(C)C)CC. The molecule has 142 valence electrons. The van der Waals surface area contributed by atoms with Gasteiger partial charge in [-0.15, -0.1) is 0 Å². The molecular formula is C20H35N3O2. The molecule has 0 aromatic heterocycles. The van der Waals surface area contributed by atoms with E-state index < -0.39 is 0 Å². The third-order valence-corrected chi connectivity index (χ3v) is 4.43. The van der Waals surface area contributed by atoms with E-state index in [1.807, 2.05) is 7.05 Å². The lowest BCUT2D eigenvalue weighted by atomic mass is 9.87. The Morgan fingerprint density at radius 2 is 1.92 bits per heavy atom. The number of ether oxygens (including phenoxy) is 1. The number of aliphatic imine (C=N–C) groups is 1. The summed E-state index contributed by atoms with van der Waals surface area (Å²) >= 11 is 0. The molecule has 1 N–H and O–H groups in total. The number of hydrogen-bond donors (Lipinski definition) is 1. The van der Waals surface area contributed by atoms with Crippen LogP contribution in [0, 0.1) is 11.3 Å². The number of hydrogen-bond acceptors (Lipinski definition) is 4. The van der Waals surface area contributed by atoms with Crippen molar-refractivity contribution in [2.24, 2.45) is 16.3 Å². The normalized spacial score (nSPS) is 17.4. The van der Waals surface area contributed by atoms with Gasteiger partial charge in [-0.3, -0.25) is 4.84 Å². The van der Waals surface area contributed by atoms with E-state index in [4.69, 9.17) is 14.6 Å². The topological polar surface area (TPSA) is 46.1 Å². The van der Waals surface area contributed by atoms with Gasteiger partial charge in [0.25, 0.3) is 0 Å². The second-order valence-corrected chi connectivity index (χ2v) is 7.41. The van der Waals surface area contributed by atoms with Crippen molar-refractivity contribution >= 4 is 5.84 Å². The van der Waals surface area contributed by atoms with Gasteiger partial charge in [0.15, 0.2) is 0 Å². The maximum atomic E-state index is 5.45. The molecule has 0 amide bonds. The molecule has 0 atom stereocenters. The summed E-state index contributed by atoms with van der Waals surface area (Å²) in [7, 11) is 3.52. The smallest absolute Gasteiger partial charge is 0.134 e. The average Bonchev–Trinajstić information content (AvgIpc) is 2.58. The van der Waals surface area contributed by atoms with E-state index in [0.29, 0.717) is 11.7 Å². The minimum atomic E-state index is 0.0379. The van der Waals surface area contributed by atoms with Crippen LogP contribution >= 0.6 is 0 Å². The summed E-state index contributed by atoms with van der Waals surface area (Å²) < 4.78 is 5.45. The summed E-state index contributed by atoms with van der Waals surface area (Å²) in [5, 5.41) is 5.04. The summed E-state index contributed by atoms with van der Waals surface area (Å²) in [6.45, 7) is 18.3. The van der Waals surface area contributed by atoms with Gasteiger partial charge in [-0.2, -0.15) is 0 Å². The Labute approximate surface area is 153 Å². The van der Waals surface area contributed by atoms with Crippen molar-refractivity contribution in [1.82, 2.24) is 10.4 Å². The second kappa shape index (κ2) is 9.78. The van der Waals surface area contributed by atoms with Crippen molar-refractivity contribution in [3.05, 3.63) is 36.3 Å². The zero-order chi connectivity index (χ0) is 19.0. The minimum Gasteiger partial charge on any atom is -0.381 e. The van der Waals surface area contributed by atoms with Gasteiger partial charge in [0.1, 0.15) is 11.7 Å². The van der Waals surface area contributed by atoms with E-state index in [2.05, 4.69) is 52.2 Å². The molecule has 1 heterocycles. The number of nitrogens with zero attached hydrogens (tertiary/aromatic N) is 2. The summed E-state index contributed by atoms with van der Waals surface area (Å²) in [5.74, 6) is 1.81. The Morgan fingerprint density at radius 1 is 1.32 bits per heavy atom. The molecule has 0 aromatic carbocycles. The van der Waals surface area contributed by atoms with Gasteiger partial charge in [-0.1, -0.05) is 40.9 Å². The van der Waals surface area contributed by atoms with Crippen LogP contribution in [-0.2, 0) is 9.57 Å². The molecule has 0 spiro atoms. The lowest BCUT2D eigenvalue weighted by molar-refractivity contribution is -0.0500. The average molecular weight is 350 g/mol. The Bertz CT molecular complexity index is 524. The highest BCUT2D eigenvalue weighted by Crippen LogP contribution is 2.26. The van der Waals surface area contributed by atoms with E-state index in [0.717, 1.165) is 49.6 Å². The highest BCUT2D eigenvalue weighted by Gasteiger charge is 2.23. The zero-order valence-electron chi connectivity index (χ0n) is 16.8. The van der Waals surface area contributed by atoms with Crippen molar-refractivity contribution < 1.29 is 9.57 Å². The van der Waals surface area contributed by atoms with Crippen LogP contribution in [0.2, 0.25) is 0 Å². The van der Waals surface area contributed by atoms with Crippen LogP contribution < -0.4 is 5.32 Å². The van der Waals surface area contributed by atoms with E-state index in [-0.39, 0.29) is 5.41 Å². The number of allylic oxidation sites excluding steroid dienone is 3. The largest absolute Gasteiger partial charge is 0.381 e. The molecule has 0 aromatic rings. The molecule has 0 unspecified atom stereocenters. The first-order valence-electron chi connectivity index (χ1n) is 8.99. The molecular weight excluding hydrogens is 314 g/mol. The monoisotopic (exact) mass is 349 g/mol. The van der Waals surface area contributed by atoms with Crippen LogP contribution in [0.5, 0.6) is 0 Å². The van der Waals surface area contributed by atoms with Crippen molar-refractivity contribution in [2.75, 3.05) is 27.4 Å². The quantitative estimate of drug-likeness (QED) is 0.323. The standard InChI is InChI=1S/C20H35N3O2/c1-9-18(14-15(2)20(4,5)6)21-16(3)22-19(23(7)24-8)17-10-12-25-13-11-17/h14,17,21H,2-3,9-13H2,1,4-8H3/b18-14+,22-19?. The van der Waals surface area contributed by atoms with E-state index >= 15 is 0 Å². The Morgan fingerprint density at radius 3 is 2.40 bits per heavy atom. The molecule has 1 aliphatic heterocycles. The summed E-state index contributed by atoms with van der Waals surface area (Å²) in [4.78, 5) is 10.1. The number of amidine groups is 1. The number of rotatable bonds is 7. The molecule has 1 fully saturated rings. The van der Waals surface area contributed by atoms with Gasteiger partial charge in [-0.25, -0.2) is 10.1 Å². The number of nitrogens with one attached hydrogen (secondary N) is 1. The Kier molecular flexibility index (Phi) is 8.39. The first-order chi connectivity index (χ1) is 11.7.